The molecule has 1 heterocycles. The third kappa shape index (κ3) is 3.81. The van der Waals surface area contributed by atoms with Crippen LogP contribution in [0.3, 0.4) is 0 Å². The Balaban J connectivity index is 2.18. The van der Waals surface area contributed by atoms with Crippen LogP contribution in [0.5, 0.6) is 5.75 Å². The van der Waals surface area contributed by atoms with Gasteiger partial charge in [0.25, 0.3) is 0 Å². The Labute approximate surface area is 152 Å². The number of pyridine rings is 1. The van der Waals surface area contributed by atoms with E-state index in [2.05, 4.69) is 4.98 Å². The summed E-state index contributed by atoms with van der Waals surface area (Å²) in [5, 5.41) is 0. The second-order valence-corrected chi connectivity index (χ2v) is 5.59. The Morgan fingerprint density at radius 3 is 2.31 bits per heavy atom. The summed E-state index contributed by atoms with van der Waals surface area (Å²) in [5.41, 5.74) is 3.78. The van der Waals surface area contributed by atoms with Gasteiger partial charge in [-0.15, -0.1) is 0 Å². The molecule has 0 bridgehead atoms. The van der Waals surface area contributed by atoms with Crippen molar-refractivity contribution in [2.24, 2.45) is 0 Å². The Kier molecular flexibility index (Phi) is 5.44. The van der Waals surface area contributed by atoms with Crippen LogP contribution < -0.4 is 4.74 Å². The molecule has 0 fully saturated rings. The van der Waals surface area contributed by atoms with E-state index < -0.39 is 5.97 Å². The van der Waals surface area contributed by atoms with E-state index >= 15 is 0 Å². The van der Waals surface area contributed by atoms with Gasteiger partial charge in [0.15, 0.2) is 0 Å². The van der Waals surface area contributed by atoms with Crippen LogP contribution in [0, 0.1) is 0 Å². The lowest BCUT2D eigenvalue weighted by molar-refractivity contribution is 0.0600. The van der Waals surface area contributed by atoms with Crippen molar-refractivity contribution >= 4 is 17.6 Å². The lowest BCUT2D eigenvalue weighted by Crippen LogP contribution is -2.07. The maximum atomic E-state index is 12.2. The molecule has 2 aromatic carbocycles. The summed E-state index contributed by atoms with van der Waals surface area (Å²) in [6.07, 6.45) is 3.68. The molecule has 3 aromatic rings. The van der Waals surface area contributed by atoms with E-state index in [4.69, 9.17) is 9.47 Å². The Morgan fingerprint density at radius 1 is 0.923 bits per heavy atom. The molecule has 130 valence electrons. The molecule has 0 atom stereocenters. The summed E-state index contributed by atoms with van der Waals surface area (Å²) < 4.78 is 10.2. The van der Waals surface area contributed by atoms with Crippen LogP contribution in [0.2, 0.25) is 0 Å². The number of rotatable bonds is 5. The van der Waals surface area contributed by atoms with Crippen molar-refractivity contribution in [3.63, 3.8) is 0 Å². The maximum absolute atomic E-state index is 12.2. The van der Waals surface area contributed by atoms with E-state index in [1.807, 2.05) is 60.7 Å². The monoisotopic (exact) mass is 345 g/mol. The number of benzene rings is 2. The highest BCUT2D eigenvalue weighted by Crippen LogP contribution is 2.29. The summed E-state index contributed by atoms with van der Waals surface area (Å²) in [6.45, 7) is 0. The number of methoxy groups -OCH3 is 2. The minimum Gasteiger partial charge on any atom is -0.497 e. The van der Waals surface area contributed by atoms with Crippen molar-refractivity contribution in [3.05, 3.63) is 95.3 Å². The fourth-order valence-corrected chi connectivity index (χ4v) is 2.67. The van der Waals surface area contributed by atoms with Gasteiger partial charge < -0.3 is 9.47 Å². The lowest BCUT2D eigenvalue weighted by Gasteiger charge is -2.12. The highest BCUT2D eigenvalue weighted by molar-refractivity contribution is 6.00. The molecule has 0 aliphatic carbocycles. The topological polar surface area (TPSA) is 48.4 Å². The van der Waals surface area contributed by atoms with E-state index in [-0.39, 0.29) is 0 Å². The summed E-state index contributed by atoms with van der Waals surface area (Å²) in [7, 11) is 3.00. The normalized spacial score (nSPS) is 11.1. The van der Waals surface area contributed by atoms with Gasteiger partial charge in [0.05, 0.1) is 25.5 Å². The molecule has 4 nitrogen and oxygen atoms in total. The smallest absolute Gasteiger partial charge is 0.340 e. The number of ether oxygens (including phenoxy) is 2. The van der Waals surface area contributed by atoms with E-state index in [0.29, 0.717) is 11.3 Å². The highest BCUT2D eigenvalue weighted by atomic mass is 16.5. The number of hydrogen-bond donors (Lipinski definition) is 0. The zero-order valence-electron chi connectivity index (χ0n) is 14.7. The van der Waals surface area contributed by atoms with Crippen LogP contribution in [0.25, 0.3) is 11.6 Å². The van der Waals surface area contributed by atoms with E-state index in [1.165, 1.54) is 7.11 Å². The molecule has 1 aromatic heterocycles. The van der Waals surface area contributed by atoms with Crippen molar-refractivity contribution in [2.75, 3.05) is 14.2 Å². The Bertz CT molecular complexity index is 916. The summed E-state index contributed by atoms with van der Waals surface area (Å²) in [6, 6.07) is 21.0. The highest BCUT2D eigenvalue weighted by Gasteiger charge is 2.17. The van der Waals surface area contributed by atoms with Crippen molar-refractivity contribution in [1.29, 1.82) is 0 Å². The van der Waals surface area contributed by atoms with Crippen molar-refractivity contribution < 1.29 is 14.3 Å². The molecule has 0 N–H and O–H groups in total. The quantitative estimate of drug-likeness (QED) is 0.506. The molecule has 0 spiro atoms. The number of esters is 1. The molecule has 0 amide bonds. The zero-order chi connectivity index (χ0) is 18.4. The standard InChI is InChI=1S/C22H19NO3/c1-25-18-12-10-17(11-13-18)20(15-16-7-4-3-5-8-16)21-19(22(24)26-2)9-6-14-23-21/h3-15H,1-2H3/b20-15+. The average Bonchev–Trinajstić information content (AvgIpc) is 2.72. The van der Waals surface area contributed by atoms with Gasteiger partial charge in [0, 0.05) is 11.8 Å². The van der Waals surface area contributed by atoms with Gasteiger partial charge in [-0.1, -0.05) is 42.5 Å². The minimum atomic E-state index is -0.416. The van der Waals surface area contributed by atoms with Crippen LogP contribution in [-0.2, 0) is 4.74 Å². The number of hydrogen-bond acceptors (Lipinski definition) is 4. The van der Waals surface area contributed by atoms with Crippen molar-refractivity contribution in [3.8, 4) is 5.75 Å². The van der Waals surface area contributed by atoms with Crippen LogP contribution in [-0.4, -0.2) is 25.2 Å². The van der Waals surface area contributed by atoms with E-state index in [0.717, 1.165) is 22.4 Å². The van der Waals surface area contributed by atoms with Gasteiger partial charge in [-0.25, -0.2) is 4.79 Å². The number of carbonyl (C=O) groups is 1. The fourth-order valence-electron chi connectivity index (χ4n) is 2.67. The van der Waals surface area contributed by atoms with E-state index in [9.17, 15) is 4.79 Å². The fraction of sp³-hybridized carbons (Fsp3) is 0.0909. The van der Waals surface area contributed by atoms with Crippen LogP contribution in [0.1, 0.15) is 27.2 Å². The van der Waals surface area contributed by atoms with Gasteiger partial charge in [0.2, 0.25) is 0 Å². The second kappa shape index (κ2) is 8.12. The molecule has 0 saturated heterocycles. The first-order valence-electron chi connectivity index (χ1n) is 8.18. The minimum absolute atomic E-state index is 0.416. The first-order chi connectivity index (χ1) is 12.7. The van der Waals surface area contributed by atoms with Gasteiger partial charge in [-0.05, 0) is 41.5 Å². The van der Waals surface area contributed by atoms with Crippen molar-refractivity contribution in [1.82, 2.24) is 4.98 Å². The molecule has 0 radical (unpaired) electrons. The second-order valence-electron chi connectivity index (χ2n) is 5.59. The molecule has 4 heteroatoms. The summed E-state index contributed by atoms with van der Waals surface area (Å²) in [4.78, 5) is 16.7. The number of nitrogens with zero attached hydrogens (tertiary/aromatic N) is 1. The SMILES string of the molecule is COC(=O)c1cccnc1/C(=C/c1ccccc1)c1ccc(OC)cc1. The molecule has 0 unspecified atom stereocenters. The van der Waals surface area contributed by atoms with Crippen LogP contribution in [0.15, 0.2) is 72.9 Å². The van der Waals surface area contributed by atoms with Gasteiger partial charge in [-0.2, -0.15) is 0 Å². The zero-order valence-corrected chi connectivity index (χ0v) is 14.7. The predicted octanol–water partition coefficient (Wildman–Crippen LogP) is 4.47. The van der Waals surface area contributed by atoms with Gasteiger partial charge in [-0.3, -0.25) is 4.98 Å². The molecular weight excluding hydrogens is 326 g/mol. The molecule has 0 aliphatic rings. The molecule has 0 aliphatic heterocycles. The molecule has 26 heavy (non-hydrogen) atoms. The first kappa shape index (κ1) is 17.4. The van der Waals surface area contributed by atoms with Gasteiger partial charge >= 0.3 is 5.97 Å². The molecule has 3 rings (SSSR count). The van der Waals surface area contributed by atoms with Gasteiger partial charge in [0.1, 0.15) is 5.75 Å². The van der Waals surface area contributed by atoms with Crippen molar-refractivity contribution in [2.45, 2.75) is 0 Å². The van der Waals surface area contributed by atoms with Crippen LogP contribution >= 0.6 is 0 Å². The lowest BCUT2D eigenvalue weighted by atomic mass is 9.96. The van der Waals surface area contributed by atoms with E-state index in [1.54, 1.807) is 25.4 Å². The predicted molar refractivity (Wildman–Crippen MR) is 102 cm³/mol. The molecule has 0 saturated carbocycles. The first-order valence-corrected chi connectivity index (χ1v) is 8.18. The number of carbonyl (C=O) groups excluding carboxylic acids is 1. The Morgan fingerprint density at radius 2 is 1.65 bits per heavy atom. The van der Waals surface area contributed by atoms with Crippen LogP contribution in [0.4, 0.5) is 0 Å². The number of aromatic nitrogens is 1. The molecular formula is C22H19NO3. The Hall–Kier alpha value is -3.40. The summed E-state index contributed by atoms with van der Waals surface area (Å²) >= 11 is 0. The maximum Gasteiger partial charge on any atom is 0.340 e. The average molecular weight is 345 g/mol. The summed E-state index contributed by atoms with van der Waals surface area (Å²) in [5.74, 6) is 0.350. The third-order valence-electron chi connectivity index (χ3n) is 3.98. The largest absolute Gasteiger partial charge is 0.497 e. The third-order valence-corrected chi connectivity index (χ3v) is 3.98.